The normalized spacial score (nSPS) is 11.0. The number of rotatable bonds is 6. The van der Waals surface area contributed by atoms with Crippen molar-refractivity contribution in [2.24, 2.45) is 0 Å². The molecule has 1 aromatic heterocycles. The fourth-order valence-corrected chi connectivity index (χ4v) is 3.56. The first-order valence-electron chi connectivity index (χ1n) is 7.40. The van der Waals surface area contributed by atoms with Crippen LogP contribution >= 0.6 is 20.6 Å². The van der Waals surface area contributed by atoms with E-state index < -0.39 is 0 Å². The van der Waals surface area contributed by atoms with E-state index in [1.165, 1.54) is 12.8 Å². The van der Waals surface area contributed by atoms with Crippen molar-refractivity contribution in [3.63, 3.8) is 0 Å². The number of nitrogens with one attached hydrogen (secondary N) is 1. The lowest BCUT2D eigenvalue weighted by molar-refractivity contribution is 0.476. The smallest absolute Gasteiger partial charge is 0.124 e. The molecule has 22 heavy (non-hydrogen) atoms. The maximum absolute atomic E-state index is 9.54. The average molecular weight is 330 g/mol. The molecule has 0 bridgehead atoms. The van der Waals surface area contributed by atoms with Crippen LogP contribution in [0.15, 0.2) is 42.5 Å². The number of hydrogen-bond acceptors (Lipinski definition) is 4. The number of hydrogen-bond donors (Lipinski definition) is 2. The summed E-state index contributed by atoms with van der Waals surface area (Å²) in [7, 11) is 2.76. The first-order chi connectivity index (χ1) is 10.8. The van der Waals surface area contributed by atoms with E-state index in [2.05, 4.69) is 43.8 Å². The lowest BCUT2D eigenvalue weighted by Gasteiger charge is -2.06. The number of thiazole rings is 1. The molecule has 114 valence electrons. The molecule has 3 rings (SSSR count). The van der Waals surface area contributed by atoms with E-state index in [-0.39, 0.29) is 5.75 Å². The Hall–Kier alpha value is -1.64. The van der Waals surface area contributed by atoms with Gasteiger partial charge in [0.05, 0.1) is 10.2 Å². The molecule has 0 aliphatic carbocycles. The van der Waals surface area contributed by atoms with Crippen molar-refractivity contribution in [1.29, 1.82) is 0 Å². The fraction of sp³-hybridized carbons (Fsp3) is 0.235. The Labute approximate surface area is 136 Å². The second kappa shape index (κ2) is 7.08. The monoisotopic (exact) mass is 330 g/mol. The summed E-state index contributed by atoms with van der Waals surface area (Å²) in [4.78, 5) is 4.62. The number of fused-ring (bicyclic) bond motifs is 1. The van der Waals surface area contributed by atoms with Crippen molar-refractivity contribution in [2.45, 2.75) is 12.8 Å². The first kappa shape index (κ1) is 15.3. The molecule has 2 aromatic carbocycles. The van der Waals surface area contributed by atoms with Crippen LogP contribution in [0, 0.1) is 0 Å². The van der Waals surface area contributed by atoms with E-state index in [0.29, 0.717) is 0 Å². The molecule has 3 aromatic rings. The predicted octanol–water partition coefficient (Wildman–Crippen LogP) is 4.74. The maximum Gasteiger partial charge on any atom is 0.124 e. The maximum atomic E-state index is 9.54. The van der Waals surface area contributed by atoms with Crippen molar-refractivity contribution >= 4 is 36.5 Å². The zero-order chi connectivity index (χ0) is 15.4. The van der Waals surface area contributed by atoms with Gasteiger partial charge < -0.3 is 10.4 Å². The van der Waals surface area contributed by atoms with Crippen molar-refractivity contribution < 1.29 is 5.11 Å². The molecule has 1 heterocycles. The number of aromatic hydroxyl groups is 1. The minimum atomic E-state index is 0.285. The van der Waals surface area contributed by atoms with Crippen LogP contribution in [0.5, 0.6) is 5.75 Å². The molecule has 3 nitrogen and oxygen atoms in total. The summed E-state index contributed by atoms with van der Waals surface area (Å²) in [6.45, 7) is 1.01. The second-order valence-electron chi connectivity index (χ2n) is 5.17. The summed E-state index contributed by atoms with van der Waals surface area (Å²) in [5, 5.41) is 14.0. The minimum Gasteiger partial charge on any atom is -0.508 e. The van der Waals surface area contributed by atoms with Gasteiger partial charge in [0.25, 0.3) is 0 Å². The molecule has 0 amide bonds. The highest BCUT2D eigenvalue weighted by atomic mass is 32.1. The molecule has 0 saturated heterocycles. The van der Waals surface area contributed by atoms with Gasteiger partial charge in [-0.3, -0.25) is 0 Å². The van der Waals surface area contributed by atoms with E-state index in [4.69, 9.17) is 0 Å². The highest BCUT2D eigenvalue weighted by Crippen LogP contribution is 2.32. The van der Waals surface area contributed by atoms with E-state index >= 15 is 0 Å². The van der Waals surface area contributed by atoms with Crippen LogP contribution in [0.1, 0.15) is 12.8 Å². The Morgan fingerprint density at radius 2 is 1.91 bits per heavy atom. The van der Waals surface area contributed by atoms with Crippen molar-refractivity contribution in [1.82, 2.24) is 4.98 Å². The summed E-state index contributed by atoms with van der Waals surface area (Å²) in [5.74, 6) is 0.285. The van der Waals surface area contributed by atoms with Gasteiger partial charge in [-0.1, -0.05) is 0 Å². The Kier molecular flexibility index (Phi) is 4.91. The summed E-state index contributed by atoms with van der Waals surface area (Å²) < 4.78 is 1.01. The standard InChI is InChI=1S/C17H19N2OPS/c20-14-7-8-15-16(11-14)22-17(19-15)12-3-5-13(6-4-12)18-9-1-2-10-21/h3-8,11,18,20H,1-2,9-10,21H2. The predicted molar refractivity (Wildman–Crippen MR) is 99.0 cm³/mol. The van der Waals surface area contributed by atoms with Crippen LogP contribution in [0.4, 0.5) is 5.69 Å². The highest BCUT2D eigenvalue weighted by Gasteiger charge is 2.06. The van der Waals surface area contributed by atoms with Gasteiger partial charge in [-0.15, -0.1) is 20.6 Å². The number of nitrogens with zero attached hydrogens (tertiary/aromatic N) is 1. The molecule has 5 heteroatoms. The number of benzene rings is 2. The third-order valence-corrected chi connectivity index (χ3v) is 4.94. The van der Waals surface area contributed by atoms with Crippen LogP contribution in [0.3, 0.4) is 0 Å². The Balaban J connectivity index is 1.73. The lowest BCUT2D eigenvalue weighted by atomic mass is 10.2. The molecular weight excluding hydrogens is 311 g/mol. The molecule has 0 aliphatic heterocycles. The van der Waals surface area contributed by atoms with Gasteiger partial charge in [-0.25, -0.2) is 4.98 Å². The summed E-state index contributed by atoms with van der Waals surface area (Å²) in [5.41, 5.74) is 3.18. The molecule has 0 fully saturated rings. The molecule has 0 radical (unpaired) electrons. The first-order valence-corrected chi connectivity index (χ1v) is 9.03. The average Bonchev–Trinajstić information content (AvgIpc) is 2.95. The van der Waals surface area contributed by atoms with Crippen molar-refractivity contribution in [3.05, 3.63) is 42.5 Å². The summed E-state index contributed by atoms with van der Waals surface area (Å²) in [6.07, 6.45) is 3.58. The summed E-state index contributed by atoms with van der Waals surface area (Å²) >= 11 is 1.60. The largest absolute Gasteiger partial charge is 0.508 e. The summed E-state index contributed by atoms with van der Waals surface area (Å²) in [6, 6.07) is 13.7. The van der Waals surface area contributed by atoms with E-state index in [9.17, 15) is 5.11 Å². The number of unbranched alkanes of at least 4 members (excludes halogenated alkanes) is 1. The Morgan fingerprint density at radius 3 is 2.68 bits per heavy atom. The van der Waals surface area contributed by atoms with Crippen molar-refractivity contribution in [3.8, 4) is 16.3 Å². The van der Waals surface area contributed by atoms with Crippen LogP contribution < -0.4 is 5.32 Å². The fourth-order valence-electron chi connectivity index (χ4n) is 2.27. The zero-order valence-electron chi connectivity index (χ0n) is 12.2. The quantitative estimate of drug-likeness (QED) is 0.507. The van der Waals surface area contributed by atoms with Crippen LogP contribution in [-0.2, 0) is 0 Å². The third kappa shape index (κ3) is 3.57. The van der Waals surface area contributed by atoms with Gasteiger partial charge in [0.1, 0.15) is 10.8 Å². The second-order valence-corrected chi connectivity index (χ2v) is 6.78. The molecule has 1 unspecified atom stereocenters. The number of phenolic OH excluding ortho intramolecular Hbond substituents is 1. The van der Waals surface area contributed by atoms with Crippen LogP contribution in [-0.4, -0.2) is 22.8 Å². The van der Waals surface area contributed by atoms with Crippen molar-refractivity contribution in [2.75, 3.05) is 18.0 Å². The minimum absolute atomic E-state index is 0.285. The van der Waals surface area contributed by atoms with E-state index in [0.717, 1.165) is 39.2 Å². The molecule has 1 atom stereocenters. The molecule has 0 aliphatic rings. The topological polar surface area (TPSA) is 45.2 Å². The van der Waals surface area contributed by atoms with Gasteiger partial charge in [-0.2, -0.15) is 0 Å². The van der Waals surface area contributed by atoms with Crippen LogP contribution in [0.2, 0.25) is 0 Å². The van der Waals surface area contributed by atoms with E-state index in [1.807, 2.05) is 6.07 Å². The SMILES string of the molecule is Oc1ccc2nc(-c3ccc(NCCCCP)cc3)sc2c1. The molecule has 0 saturated carbocycles. The number of phenols is 1. The van der Waals surface area contributed by atoms with Gasteiger partial charge in [0, 0.05) is 17.8 Å². The molecule has 2 N–H and O–H groups in total. The lowest BCUT2D eigenvalue weighted by Crippen LogP contribution is -2.01. The highest BCUT2D eigenvalue weighted by molar-refractivity contribution is 7.21. The van der Waals surface area contributed by atoms with E-state index in [1.54, 1.807) is 23.5 Å². The number of aromatic nitrogens is 1. The molecule has 0 spiro atoms. The molecular formula is C17H19N2OPS. The van der Waals surface area contributed by atoms with Gasteiger partial charge in [0.15, 0.2) is 0 Å². The third-order valence-electron chi connectivity index (χ3n) is 3.46. The van der Waals surface area contributed by atoms with Gasteiger partial charge in [-0.05, 0) is 61.5 Å². The van der Waals surface area contributed by atoms with Crippen LogP contribution in [0.25, 0.3) is 20.8 Å². The van der Waals surface area contributed by atoms with Gasteiger partial charge in [0.2, 0.25) is 0 Å². The Morgan fingerprint density at radius 1 is 1.09 bits per heavy atom. The van der Waals surface area contributed by atoms with Gasteiger partial charge >= 0.3 is 0 Å². The zero-order valence-corrected chi connectivity index (χ0v) is 14.2. The number of anilines is 1. The Bertz CT molecular complexity index is 755.